The summed E-state index contributed by atoms with van der Waals surface area (Å²) in [6.07, 6.45) is 0.149. The lowest BCUT2D eigenvalue weighted by Crippen LogP contribution is -2.16. The molecule has 3 aromatic carbocycles. The number of nitrogens with zero attached hydrogens (tertiary/aromatic N) is 1. The van der Waals surface area contributed by atoms with E-state index in [9.17, 15) is 9.59 Å². The molecule has 0 saturated carbocycles. The predicted octanol–water partition coefficient (Wildman–Crippen LogP) is 6.23. The van der Waals surface area contributed by atoms with Gasteiger partial charge in [-0.25, -0.2) is 4.98 Å². The van der Waals surface area contributed by atoms with E-state index in [-0.39, 0.29) is 18.2 Å². The lowest BCUT2D eigenvalue weighted by Gasteiger charge is -2.12. The van der Waals surface area contributed by atoms with Crippen LogP contribution >= 0.6 is 11.3 Å². The molecule has 33 heavy (non-hydrogen) atoms. The Kier molecular flexibility index (Phi) is 6.66. The third kappa shape index (κ3) is 5.35. The normalized spacial score (nSPS) is 10.6. The maximum absolute atomic E-state index is 13.0. The molecule has 0 unspecified atom stereocenters. The van der Waals surface area contributed by atoms with Gasteiger partial charge >= 0.3 is 0 Å². The number of rotatable bonds is 6. The number of carbonyl (C=O) groups is 2. The second kappa shape index (κ2) is 9.79. The van der Waals surface area contributed by atoms with Crippen molar-refractivity contribution in [3.8, 4) is 21.0 Å². The fourth-order valence-corrected chi connectivity index (χ4v) is 4.64. The molecule has 166 valence electrons. The van der Waals surface area contributed by atoms with Gasteiger partial charge in [-0.05, 0) is 37.1 Å². The van der Waals surface area contributed by atoms with Gasteiger partial charge in [0.15, 0.2) is 0 Å². The van der Waals surface area contributed by atoms with Gasteiger partial charge in [-0.2, -0.15) is 0 Å². The van der Waals surface area contributed by atoms with E-state index in [1.54, 1.807) is 11.3 Å². The quantitative estimate of drug-likeness (QED) is 0.362. The van der Waals surface area contributed by atoms with Crippen molar-refractivity contribution >= 4 is 34.5 Å². The van der Waals surface area contributed by atoms with Gasteiger partial charge in [-0.3, -0.25) is 9.59 Å². The molecule has 0 spiro atoms. The maximum Gasteiger partial charge on any atom is 0.230 e. The number of amides is 2. The van der Waals surface area contributed by atoms with Crippen molar-refractivity contribution < 1.29 is 9.59 Å². The van der Waals surface area contributed by atoms with Crippen molar-refractivity contribution in [3.05, 3.63) is 89.6 Å². The molecule has 5 nitrogen and oxygen atoms in total. The highest BCUT2D eigenvalue weighted by molar-refractivity contribution is 7.18. The Morgan fingerprint density at radius 2 is 1.48 bits per heavy atom. The summed E-state index contributed by atoms with van der Waals surface area (Å²) >= 11 is 1.59. The van der Waals surface area contributed by atoms with E-state index in [2.05, 4.69) is 41.8 Å². The molecular formula is C27H25N3O2S. The summed E-state index contributed by atoms with van der Waals surface area (Å²) in [7, 11) is 0. The van der Waals surface area contributed by atoms with Gasteiger partial charge in [-0.15, -0.1) is 11.3 Å². The van der Waals surface area contributed by atoms with Crippen molar-refractivity contribution in [1.29, 1.82) is 0 Å². The van der Waals surface area contributed by atoms with Crippen LogP contribution in [0.2, 0.25) is 0 Å². The summed E-state index contributed by atoms with van der Waals surface area (Å²) in [5, 5.41) is 6.66. The van der Waals surface area contributed by atoms with E-state index in [0.29, 0.717) is 11.4 Å². The molecule has 2 N–H and O–H groups in total. The number of hydrogen-bond acceptors (Lipinski definition) is 4. The molecule has 6 heteroatoms. The van der Waals surface area contributed by atoms with Crippen molar-refractivity contribution in [2.24, 2.45) is 0 Å². The number of anilines is 2. The van der Waals surface area contributed by atoms with E-state index in [4.69, 9.17) is 4.98 Å². The summed E-state index contributed by atoms with van der Waals surface area (Å²) in [5.41, 5.74) is 6.16. The SMILES string of the molecule is CC(=O)Nc1cccc(NC(=O)Cc2nc(-c3ccccc3)sc2-c2ccc(C)cc2)c1C. The first kappa shape index (κ1) is 22.4. The average molecular weight is 456 g/mol. The van der Waals surface area contributed by atoms with Gasteiger partial charge in [0.2, 0.25) is 11.8 Å². The van der Waals surface area contributed by atoms with E-state index in [0.717, 1.165) is 32.3 Å². The monoisotopic (exact) mass is 455 g/mol. The second-order valence-corrected chi connectivity index (χ2v) is 8.91. The Morgan fingerprint density at radius 1 is 0.818 bits per heavy atom. The molecule has 2 amide bonds. The molecule has 4 rings (SSSR count). The topological polar surface area (TPSA) is 71.1 Å². The van der Waals surface area contributed by atoms with Gasteiger partial charge in [0.25, 0.3) is 0 Å². The molecular weight excluding hydrogens is 430 g/mol. The number of carbonyl (C=O) groups excluding carboxylic acids is 2. The van der Waals surface area contributed by atoms with E-state index in [1.165, 1.54) is 12.5 Å². The highest BCUT2D eigenvalue weighted by atomic mass is 32.1. The third-order valence-electron chi connectivity index (χ3n) is 5.28. The first-order valence-electron chi connectivity index (χ1n) is 10.7. The molecule has 0 fully saturated rings. The Bertz CT molecular complexity index is 1290. The second-order valence-electron chi connectivity index (χ2n) is 7.91. The van der Waals surface area contributed by atoms with E-state index in [1.807, 2.05) is 55.5 Å². The van der Waals surface area contributed by atoms with Crippen LogP contribution in [0, 0.1) is 13.8 Å². The van der Waals surface area contributed by atoms with Crippen molar-refractivity contribution in [2.75, 3.05) is 10.6 Å². The fraction of sp³-hybridized carbons (Fsp3) is 0.148. The Balaban J connectivity index is 1.63. The zero-order valence-corrected chi connectivity index (χ0v) is 19.6. The third-order valence-corrected chi connectivity index (χ3v) is 6.47. The highest BCUT2D eigenvalue weighted by Gasteiger charge is 2.18. The Morgan fingerprint density at radius 3 is 2.15 bits per heavy atom. The van der Waals surface area contributed by atoms with Crippen LogP contribution < -0.4 is 10.6 Å². The number of aryl methyl sites for hydroxylation is 1. The summed E-state index contributed by atoms with van der Waals surface area (Å²) < 4.78 is 0. The first-order chi connectivity index (χ1) is 15.9. The molecule has 0 bridgehead atoms. The van der Waals surface area contributed by atoms with Crippen LogP contribution in [0.15, 0.2) is 72.8 Å². The van der Waals surface area contributed by atoms with Crippen LogP contribution in [0.25, 0.3) is 21.0 Å². The lowest BCUT2D eigenvalue weighted by molar-refractivity contribution is -0.116. The average Bonchev–Trinajstić information content (AvgIpc) is 3.21. The zero-order valence-electron chi connectivity index (χ0n) is 18.8. The highest BCUT2D eigenvalue weighted by Crippen LogP contribution is 2.36. The minimum absolute atomic E-state index is 0.149. The van der Waals surface area contributed by atoms with E-state index < -0.39 is 0 Å². The van der Waals surface area contributed by atoms with Gasteiger partial charge in [0, 0.05) is 23.9 Å². The molecule has 1 heterocycles. The van der Waals surface area contributed by atoms with Crippen LogP contribution in [0.3, 0.4) is 0 Å². The molecule has 0 saturated heterocycles. The van der Waals surface area contributed by atoms with E-state index >= 15 is 0 Å². The minimum atomic E-state index is -0.156. The van der Waals surface area contributed by atoms with Crippen molar-refractivity contribution in [2.45, 2.75) is 27.2 Å². The zero-order chi connectivity index (χ0) is 23.4. The molecule has 0 aliphatic carbocycles. The predicted molar refractivity (Wildman–Crippen MR) is 136 cm³/mol. The van der Waals surface area contributed by atoms with Gasteiger partial charge < -0.3 is 10.6 Å². The fourth-order valence-electron chi connectivity index (χ4n) is 3.55. The molecule has 1 aromatic heterocycles. The summed E-state index contributed by atoms with van der Waals surface area (Å²) in [6, 6.07) is 23.7. The number of thiazole rings is 1. The first-order valence-corrected chi connectivity index (χ1v) is 11.5. The van der Waals surface area contributed by atoms with Crippen molar-refractivity contribution in [1.82, 2.24) is 4.98 Å². The maximum atomic E-state index is 13.0. The molecule has 0 aliphatic heterocycles. The van der Waals surface area contributed by atoms with Crippen LogP contribution in [-0.4, -0.2) is 16.8 Å². The smallest absolute Gasteiger partial charge is 0.230 e. The number of hydrogen-bond donors (Lipinski definition) is 2. The standard InChI is InChI=1S/C27H25N3O2S/c1-17-12-14-20(15-13-17)26-24(30-27(33-26)21-8-5-4-6-9-21)16-25(32)29-23-11-7-10-22(18(23)2)28-19(3)31/h4-15H,16H2,1-3H3,(H,28,31)(H,29,32). The Hall–Kier alpha value is -3.77. The van der Waals surface area contributed by atoms with Crippen LogP contribution in [-0.2, 0) is 16.0 Å². The summed E-state index contributed by atoms with van der Waals surface area (Å²) in [5.74, 6) is -0.309. The summed E-state index contributed by atoms with van der Waals surface area (Å²) in [4.78, 5) is 30.3. The summed E-state index contributed by atoms with van der Waals surface area (Å²) in [6.45, 7) is 5.39. The van der Waals surface area contributed by atoms with Gasteiger partial charge in [-0.1, -0.05) is 66.2 Å². The molecule has 0 atom stereocenters. The number of benzene rings is 3. The Labute approximate surface area is 197 Å². The van der Waals surface area contributed by atoms with Crippen LogP contribution in [0.1, 0.15) is 23.7 Å². The largest absolute Gasteiger partial charge is 0.326 e. The lowest BCUT2D eigenvalue weighted by atomic mass is 10.1. The molecule has 0 radical (unpaired) electrons. The number of nitrogens with one attached hydrogen (secondary N) is 2. The molecule has 0 aliphatic rings. The van der Waals surface area contributed by atoms with Crippen LogP contribution in [0.4, 0.5) is 11.4 Å². The van der Waals surface area contributed by atoms with Gasteiger partial charge in [0.05, 0.1) is 17.0 Å². The molecule has 4 aromatic rings. The van der Waals surface area contributed by atoms with Crippen molar-refractivity contribution in [3.63, 3.8) is 0 Å². The van der Waals surface area contributed by atoms with Gasteiger partial charge in [0.1, 0.15) is 5.01 Å². The minimum Gasteiger partial charge on any atom is -0.326 e. The number of aromatic nitrogens is 1. The van der Waals surface area contributed by atoms with Crippen LogP contribution in [0.5, 0.6) is 0 Å².